The first kappa shape index (κ1) is 33.6. The van der Waals surface area contributed by atoms with Crippen LogP contribution in [0.1, 0.15) is 51.5 Å². The van der Waals surface area contributed by atoms with Crippen LogP contribution in [0.15, 0.2) is 24.3 Å². The average Bonchev–Trinajstić information content (AvgIpc) is 2.94. The molecule has 3 atom stereocenters. The summed E-state index contributed by atoms with van der Waals surface area (Å²) in [7, 11) is 0. The summed E-state index contributed by atoms with van der Waals surface area (Å²) in [5, 5.41) is 12.3. The molecule has 10 nitrogen and oxygen atoms in total. The molecular formula is C29H45FN2O8. The monoisotopic (exact) mass is 568 g/mol. The molecule has 0 spiro atoms. The van der Waals surface area contributed by atoms with Gasteiger partial charge in [-0.1, -0.05) is 26.0 Å². The molecule has 0 fully saturated rings. The summed E-state index contributed by atoms with van der Waals surface area (Å²) in [6.45, 7) is 5.60. The second kappa shape index (κ2) is 19.5. The maximum atomic E-state index is 13.6. The minimum Gasteiger partial charge on any atom is -0.494 e. The van der Waals surface area contributed by atoms with Gasteiger partial charge in [0.25, 0.3) is 0 Å². The maximum absolute atomic E-state index is 13.6. The highest BCUT2D eigenvalue weighted by molar-refractivity contribution is 5.92. The Labute approximate surface area is 236 Å². The lowest BCUT2D eigenvalue weighted by Gasteiger charge is -2.29. The highest BCUT2D eigenvalue weighted by Gasteiger charge is 2.35. The molecule has 2 aliphatic heterocycles. The predicted octanol–water partition coefficient (Wildman–Crippen LogP) is 3.04. The number of hydroxylamine groups is 1. The molecule has 0 aromatic heterocycles. The molecule has 0 aliphatic carbocycles. The van der Waals surface area contributed by atoms with E-state index in [-0.39, 0.29) is 30.6 Å². The number of Topliss-reactive ketones (excluding diaryl/α,β-unsaturated/α-hetero) is 1. The molecule has 0 radical (unpaired) electrons. The quantitative estimate of drug-likeness (QED) is 0.158. The van der Waals surface area contributed by atoms with Gasteiger partial charge >= 0.3 is 0 Å². The number of rotatable bonds is 16. The molecular weight excluding hydrogens is 523 g/mol. The Balaban J connectivity index is 2.02. The predicted molar refractivity (Wildman–Crippen MR) is 146 cm³/mol. The van der Waals surface area contributed by atoms with Crippen LogP contribution < -0.4 is 15.5 Å². The Bertz CT molecular complexity index is 883. The van der Waals surface area contributed by atoms with E-state index in [0.717, 1.165) is 5.56 Å². The van der Waals surface area contributed by atoms with Crippen LogP contribution in [-0.4, -0.2) is 81.8 Å². The van der Waals surface area contributed by atoms with Crippen LogP contribution in [0.2, 0.25) is 0 Å². The molecule has 11 heteroatoms. The van der Waals surface area contributed by atoms with Gasteiger partial charge in [-0.15, -0.1) is 0 Å². The number of carbonyl (C=O) groups excluding carboxylic acids is 3. The number of alkyl halides is 1. The lowest BCUT2D eigenvalue weighted by molar-refractivity contribution is -0.142. The van der Waals surface area contributed by atoms with Crippen LogP contribution in [-0.2, 0) is 35.0 Å². The zero-order valence-corrected chi connectivity index (χ0v) is 23.7. The van der Waals surface area contributed by atoms with Crippen molar-refractivity contribution in [2.45, 2.75) is 58.4 Å². The number of halogens is 1. The van der Waals surface area contributed by atoms with E-state index in [9.17, 15) is 24.0 Å². The number of amides is 2. The molecule has 2 bridgehead atoms. The Hall–Kier alpha value is -2.60. The maximum Gasteiger partial charge on any atom is 0.247 e. The molecule has 2 amide bonds. The van der Waals surface area contributed by atoms with Crippen molar-refractivity contribution < 1.29 is 42.9 Å². The molecule has 226 valence electrons. The minimum absolute atomic E-state index is 0.0615. The number of benzene rings is 1. The molecule has 1 aromatic carbocycles. The van der Waals surface area contributed by atoms with Crippen molar-refractivity contribution in [3.05, 3.63) is 29.8 Å². The standard InChI is InChI=1S/C29H45FN2O8/c1-21(2)19-25-24(29(35)32-36)5-3-13-40-23-9-7-22(8-10-23)20-26(31-28(25)34)27(33)6-4-12-37-15-17-39-18-16-38-14-11-30/h7-10,21,24-26,36H,3-6,11-20H2,1-2H3,(H,31,34)(H,32,35)/t24-,25+,26-/m0/s1. The third-order valence-corrected chi connectivity index (χ3v) is 6.67. The van der Waals surface area contributed by atoms with Gasteiger partial charge in [-0.2, -0.15) is 0 Å². The van der Waals surface area contributed by atoms with E-state index in [1.54, 1.807) is 5.48 Å². The van der Waals surface area contributed by atoms with Gasteiger partial charge in [0.15, 0.2) is 5.78 Å². The molecule has 0 saturated carbocycles. The zero-order valence-electron chi connectivity index (χ0n) is 23.7. The second-order valence-electron chi connectivity index (χ2n) is 10.3. The van der Waals surface area contributed by atoms with Gasteiger partial charge in [-0.3, -0.25) is 19.6 Å². The fourth-order valence-corrected chi connectivity index (χ4v) is 4.65. The van der Waals surface area contributed by atoms with Crippen LogP contribution in [0.3, 0.4) is 0 Å². The second-order valence-corrected chi connectivity index (χ2v) is 10.3. The van der Waals surface area contributed by atoms with E-state index in [0.29, 0.717) is 77.5 Å². The van der Waals surface area contributed by atoms with Gasteiger partial charge in [-0.25, -0.2) is 9.87 Å². The van der Waals surface area contributed by atoms with E-state index in [1.807, 2.05) is 38.1 Å². The van der Waals surface area contributed by atoms with Crippen molar-refractivity contribution in [1.29, 1.82) is 0 Å². The molecule has 0 unspecified atom stereocenters. The summed E-state index contributed by atoms with van der Waals surface area (Å²) in [4.78, 5) is 39.4. The van der Waals surface area contributed by atoms with Crippen molar-refractivity contribution in [2.24, 2.45) is 17.8 Å². The molecule has 3 N–H and O–H groups in total. The van der Waals surface area contributed by atoms with Gasteiger partial charge < -0.3 is 24.3 Å². The first-order valence-corrected chi connectivity index (χ1v) is 14.1. The topological polar surface area (TPSA) is 132 Å². The van der Waals surface area contributed by atoms with E-state index >= 15 is 0 Å². The average molecular weight is 569 g/mol. The molecule has 40 heavy (non-hydrogen) atoms. The SMILES string of the molecule is CC(C)C[C@H]1C(=O)N[C@H](C(=O)CCCOCCOCCOCCF)Cc2ccc(cc2)OCCC[C@@H]1C(=O)NO. The van der Waals surface area contributed by atoms with E-state index in [1.165, 1.54) is 0 Å². The van der Waals surface area contributed by atoms with Gasteiger partial charge in [0.1, 0.15) is 12.4 Å². The third kappa shape index (κ3) is 12.7. The Morgan fingerprint density at radius 3 is 2.35 bits per heavy atom. The van der Waals surface area contributed by atoms with E-state index < -0.39 is 30.5 Å². The molecule has 3 rings (SSSR count). The Morgan fingerprint density at radius 2 is 1.73 bits per heavy atom. The Morgan fingerprint density at radius 1 is 1.07 bits per heavy atom. The van der Waals surface area contributed by atoms with Crippen LogP contribution in [0, 0.1) is 17.8 Å². The van der Waals surface area contributed by atoms with Crippen LogP contribution in [0.4, 0.5) is 4.39 Å². The normalized spacial score (nSPS) is 20.0. The largest absolute Gasteiger partial charge is 0.494 e. The summed E-state index contributed by atoms with van der Waals surface area (Å²) in [6.07, 6.45) is 2.27. The first-order valence-electron chi connectivity index (χ1n) is 14.1. The number of carbonyl (C=O) groups is 3. The van der Waals surface area contributed by atoms with Crippen molar-refractivity contribution in [1.82, 2.24) is 10.8 Å². The van der Waals surface area contributed by atoms with Crippen LogP contribution in [0.5, 0.6) is 5.75 Å². The fraction of sp³-hybridized carbons (Fsp3) is 0.690. The molecule has 0 saturated heterocycles. The number of hydrogen-bond donors (Lipinski definition) is 3. The van der Waals surface area contributed by atoms with Crippen LogP contribution >= 0.6 is 0 Å². The van der Waals surface area contributed by atoms with E-state index in [2.05, 4.69) is 5.32 Å². The third-order valence-electron chi connectivity index (χ3n) is 6.67. The van der Waals surface area contributed by atoms with Crippen LogP contribution in [0.25, 0.3) is 0 Å². The number of nitrogens with one attached hydrogen (secondary N) is 2. The molecule has 1 aromatic rings. The van der Waals surface area contributed by atoms with Crippen molar-refractivity contribution >= 4 is 17.6 Å². The summed E-state index contributed by atoms with van der Waals surface area (Å²) >= 11 is 0. The fourth-order valence-electron chi connectivity index (χ4n) is 4.65. The van der Waals surface area contributed by atoms with Gasteiger partial charge in [0.2, 0.25) is 11.8 Å². The van der Waals surface area contributed by atoms with Crippen molar-refractivity contribution in [3.63, 3.8) is 0 Å². The van der Waals surface area contributed by atoms with Gasteiger partial charge in [-0.05, 0) is 55.7 Å². The van der Waals surface area contributed by atoms with E-state index in [4.69, 9.17) is 18.9 Å². The highest BCUT2D eigenvalue weighted by atomic mass is 19.1. The van der Waals surface area contributed by atoms with Gasteiger partial charge in [0.05, 0.1) is 51.6 Å². The first-order chi connectivity index (χ1) is 19.3. The van der Waals surface area contributed by atoms with Crippen molar-refractivity contribution in [3.8, 4) is 5.75 Å². The number of ether oxygens (including phenoxy) is 4. The highest BCUT2D eigenvalue weighted by Crippen LogP contribution is 2.27. The molecule has 2 heterocycles. The smallest absolute Gasteiger partial charge is 0.247 e. The summed E-state index contributed by atoms with van der Waals surface area (Å²) in [5.41, 5.74) is 2.59. The van der Waals surface area contributed by atoms with Gasteiger partial charge in [0, 0.05) is 18.9 Å². The number of ketones is 1. The zero-order chi connectivity index (χ0) is 29.2. The number of hydrogen-bond acceptors (Lipinski definition) is 8. The summed E-state index contributed by atoms with van der Waals surface area (Å²) in [5.74, 6) is -1.80. The summed E-state index contributed by atoms with van der Waals surface area (Å²) < 4.78 is 33.6. The number of fused-ring (bicyclic) bond motifs is 11. The van der Waals surface area contributed by atoms with Crippen molar-refractivity contribution in [2.75, 3.05) is 52.9 Å². The minimum atomic E-state index is -0.776. The lowest BCUT2D eigenvalue weighted by atomic mass is 9.81. The summed E-state index contributed by atoms with van der Waals surface area (Å²) in [6, 6.07) is 6.64. The lowest BCUT2D eigenvalue weighted by Crippen LogP contribution is -2.49. The Kier molecular flexibility index (Phi) is 16.4. The molecule has 2 aliphatic rings.